The molecule has 0 radical (unpaired) electrons. The number of hydrogen-bond acceptors (Lipinski definition) is 3. The third-order valence-corrected chi connectivity index (χ3v) is 3.14. The summed E-state index contributed by atoms with van der Waals surface area (Å²) in [6.07, 6.45) is 3.01. The summed E-state index contributed by atoms with van der Waals surface area (Å²) < 4.78 is 0. The Morgan fingerprint density at radius 3 is 2.50 bits per heavy atom. The van der Waals surface area contributed by atoms with Crippen LogP contribution in [0, 0.1) is 17.2 Å². The number of nitrogens with zero attached hydrogens (tertiary/aromatic N) is 2. The van der Waals surface area contributed by atoms with E-state index < -0.39 is 5.54 Å². The first-order valence-electron chi connectivity index (χ1n) is 6.37. The molecule has 2 atom stereocenters. The van der Waals surface area contributed by atoms with Crippen LogP contribution in [0.3, 0.4) is 0 Å². The molecule has 0 saturated carbocycles. The molecule has 2 unspecified atom stereocenters. The molecule has 0 saturated heterocycles. The van der Waals surface area contributed by atoms with E-state index in [0.717, 1.165) is 38.4 Å². The van der Waals surface area contributed by atoms with Crippen molar-refractivity contribution in [1.82, 2.24) is 4.90 Å². The summed E-state index contributed by atoms with van der Waals surface area (Å²) in [4.78, 5) is 2.45. The molecular formula is C13H27N3. The maximum Gasteiger partial charge on any atom is 0.101 e. The van der Waals surface area contributed by atoms with Gasteiger partial charge in [0.1, 0.15) is 5.54 Å². The lowest BCUT2D eigenvalue weighted by Gasteiger charge is -2.25. The highest BCUT2D eigenvalue weighted by molar-refractivity contribution is 5.00. The van der Waals surface area contributed by atoms with E-state index in [1.54, 1.807) is 6.92 Å². The Bertz CT molecular complexity index is 218. The Balaban J connectivity index is 3.84. The third-order valence-electron chi connectivity index (χ3n) is 3.14. The average molecular weight is 225 g/mol. The SMILES string of the molecule is CCC(C)CN(CC)CCCC(C)(N)C#N. The minimum Gasteiger partial charge on any atom is -0.314 e. The Hall–Kier alpha value is -0.590. The molecule has 3 heteroatoms. The van der Waals surface area contributed by atoms with Gasteiger partial charge < -0.3 is 10.6 Å². The van der Waals surface area contributed by atoms with Crippen molar-refractivity contribution < 1.29 is 0 Å². The first kappa shape index (κ1) is 15.4. The second kappa shape index (κ2) is 7.65. The van der Waals surface area contributed by atoms with E-state index in [-0.39, 0.29) is 0 Å². The van der Waals surface area contributed by atoms with Gasteiger partial charge in [-0.1, -0.05) is 27.2 Å². The standard InChI is InChI=1S/C13H27N3/c1-5-12(3)10-16(6-2)9-7-8-13(4,15)11-14/h12H,5-10,15H2,1-4H3. The smallest absolute Gasteiger partial charge is 0.101 e. The molecule has 16 heavy (non-hydrogen) atoms. The largest absolute Gasteiger partial charge is 0.314 e. The minimum atomic E-state index is -0.657. The fourth-order valence-corrected chi connectivity index (χ4v) is 1.67. The topological polar surface area (TPSA) is 53.0 Å². The molecular weight excluding hydrogens is 198 g/mol. The van der Waals surface area contributed by atoms with Crippen molar-refractivity contribution in [1.29, 1.82) is 5.26 Å². The van der Waals surface area contributed by atoms with Gasteiger partial charge in [0.25, 0.3) is 0 Å². The molecule has 0 rings (SSSR count). The predicted octanol–water partition coefficient (Wildman–Crippen LogP) is 2.38. The van der Waals surface area contributed by atoms with Crippen molar-refractivity contribution in [2.75, 3.05) is 19.6 Å². The predicted molar refractivity (Wildman–Crippen MR) is 69.0 cm³/mol. The molecule has 0 amide bonds. The van der Waals surface area contributed by atoms with Crippen molar-refractivity contribution in [3.63, 3.8) is 0 Å². The van der Waals surface area contributed by atoms with Crippen molar-refractivity contribution in [2.45, 2.75) is 52.5 Å². The summed E-state index contributed by atoms with van der Waals surface area (Å²) in [7, 11) is 0. The number of rotatable bonds is 8. The van der Waals surface area contributed by atoms with E-state index >= 15 is 0 Å². The lowest BCUT2D eigenvalue weighted by atomic mass is 9.99. The summed E-state index contributed by atoms with van der Waals surface area (Å²) in [5, 5.41) is 8.81. The Kier molecular flexibility index (Phi) is 7.36. The fourth-order valence-electron chi connectivity index (χ4n) is 1.67. The van der Waals surface area contributed by atoms with E-state index in [4.69, 9.17) is 11.0 Å². The molecule has 0 aromatic carbocycles. The fraction of sp³-hybridized carbons (Fsp3) is 0.923. The zero-order valence-corrected chi connectivity index (χ0v) is 11.3. The van der Waals surface area contributed by atoms with Crippen LogP contribution in [0.5, 0.6) is 0 Å². The molecule has 0 aliphatic carbocycles. The van der Waals surface area contributed by atoms with E-state index in [1.807, 2.05) is 0 Å². The lowest BCUT2D eigenvalue weighted by Crippen LogP contribution is -2.36. The maximum absolute atomic E-state index is 8.81. The molecule has 0 aliphatic heterocycles. The Morgan fingerprint density at radius 2 is 2.06 bits per heavy atom. The highest BCUT2D eigenvalue weighted by Gasteiger charge is 2.17. The van der Waals surface area contributed by atoms with Crippen LogP contribution in [0.15, 0.2) is 0 Å². The summed E-state index contributed by atoms with van der Waals surface area (Å²) >= 11 is 0. The van der Waals surface area contributed by atoms with Gasteiger partial charge in [-0.25, -0.2) is 0 Å². The van der Waals surface area contributed by atoms with E-state index in [0.29, 0.717) is 0 Å². The van der Waals surface area contributed by atoms with E-state index in [9.17, 15) is 0 Å². The molecule has 3 nitrogen and oxygen atoms in total. The van der Waals surface area contributed by atoms with E-state index in [2.05, 4.69) is 31.7 Å². The summed E-state index contributed by atoms with van der Waals surface area (Å²) in [5.74, 6) is 0.750. The van der Waals surface area contributed by atoms with Crippen LogP contribution < -0.4 is 5.73 Å². The number of nitrogens with two attached hydrogens (primary N) is 1. The van der Waals surface area contributed by atoms with Crippen LogP contribution >= 0.6 is 0 Å². The zero-order valence-electron chi connectivity index (χ0n) is 11.3. The normalized spacial score (nSPS) is 16.8. The molecule has 0 aromatic heterocycles. The maximum atomic E-state index is 8.81. The van der Waals surface area contributed by atoms with Crippen molar-refractivity contribution in [3.05, 3.63) is 0 Å². The minimum absolute atomic E-state index is 0.657. The molecule has 0 bridgehead atoms. The zero-order chi connectivity index (χ0) is 12.6. The van der Waals surface area contributed by atoms with Crippen LogP contribution in [0.25, 0.3) is 0 Å². The molecule has 2 N–H and O–H groups in total. The van der Waals surface area contributed by atoms with Gasteiger partial charge in [-0.3, -0.25) is 0 Å². The summed E-state index contributed by atoms with van der Waals surface area (Å²) in [5.41, 5.74) is 5.13. The van der Waals surface area contributed by atoms with Gasteiger partial charge >= 0.3 is 0 Å². The molecule has 0 heterocycles. The van der Waals surface area contributed by atoms with Gasteiger partial charge in [0.05, 0.1) is 6.07 Å². The number of nitriles is 1. The van der Waals surface area contributed by atoms with Crippen molar-refractivity contribution >= 4 is 0 Å². The monoisotopic (exact) mass is 225 g/mol. The van der Waals surface area contributed by atoms with Crippen LogP contribution in [-0.2, 0) is 0 Å². The van der Waals surface area contributed by atoms with Gasteiger partial charge in [-0.15, -0.1) is 0 Å². The first-order chi connectivity index (χ1) is 7.45. The van der Waals surface area contributed by atoms with Gasteiger partial charge in [0.2, 0.25) is 0 Å². The molecule has 0 spiro atoms. The molecule has 0 aliphatic rings. The van der Waals surface area contributed by atoms with Crippen LogP contribution in [0.1, 0.15) is 47.0 Å². The van der Waals surface area contributed by atoms with Gasteiger partial charge in [0, 0.05) is 6.54 Å². The second-order valence-corrected chi connectivity index (χ2v) is 5.04. The highest BCUT2D eigenvalue weighted by atomic mass is 15.1. The molecule has 0 fully saturated rings. The van der Waals surface area contributed by atoms with Crippen LogP contribution in [0.2, 0.25) is 0 Å². The summed E-state index contributed by atoms with van der Waals surface area (Å²) in [6.45, 7) is 11.8. The number of hydrogen-bond donors (Lipinski definition) is 1. The van der Waals surface area contributed by atoms with Crippen LogP contribution in [0.4, 0.5) is 0 Å². The molecule has 94 valence electrons. The summed E-state index contributed by atoms with van der Waals surface area (Å²) in [6, 6.07) is 2.14. The Morgan fingerprint density at radius 1 is 1.44 bits per heavy atom. The second-order valence-electron chi connectivity index (χ2n) is 5.04. The van der Waals surface area contributed by atoms with Gasteiger partial charge in [0.15, 0.2) is 0 Å². The average Bonchev–Trinajstić information content (AvgIpc) is 2.27. The molecule has 0 aromatic rings. The highest BCUT2D eigenvalue weighted by Crippen LogP contribution is 2.10. The quantitative estimate of drug-likeness (QED) is 0.690. The lowest BCUT2D eigenvalue weighted by molar-refractivity contribution is 0.237. The first-order valence-corrected chi connectivity index (χ1v) is 6.37. The van der Waals surface area contributed by atoms with Gasteiger partial charge in [-0.05, 0) is 38.8 Å². The van der Waals surface area contributed by atoms with Crippen molar-refractivity contribution in [3.8, 4) is 6.07 Å². The van der Waals surface area contributed by atoms with Crippen LogP contribution in [-0.4, -0.2) is 30.1 Å². The van der Waals surface area contributed by atoms with Gasteiger partial charge in [-0.2, -0.15) is 5.26 Å². The Labute approximate surface area is 101 Å². The van der Waals surface area contributed by atoms with Crippen molar-refractivity contribution in [2.24, 2.45) is 11.7 Å². The third kappa shape index (κ3) is 6.81. The van der Waals surface area contributed by atoms with E-state index in [1.165, 1.54) is 6.42 Å².